The third-order valence-corrected chi connectivity index (χ3v) is 5.31. The van der Waals surface area contributed by atoms with E-state index in [1.165, 1.54) is 6.33 Å². The van der Waals surface area contributed by atoms with Crippen molar-refractivity contribution in [1.82, 2.24) is 45.4 Å². The summed E-state index contributed by atoms with van der Waals surface area (Å²) in [7, 11) is 1.87. The number of hydrogen-bond donors (Lipinski definition) is 3. The van der Waals surface area contributed by atoms with Crippen molar-refractivity contribution >= 4 is 22.9 Å². The highest BCUT2D eigenvalue weighted by atomic mass is 16.5. The maximum atomic E-state index is 12.9. The highest BCUT2D eigenvalue weighted by Gasteiger charge is 2.26. The van der Waals surface area contributed by atoms with Gasteiger partial charge in [0.25, 0.3) is 5.91 Å². The van der Waals surface area contributed by atoms with Crippen molar-refractivity contribution in [3.8, 4) is 11.5 Å². The molecule has 5 rings (SSSR count). The molecule has 33 heavy (non-hydrogen) atoms. The van der Waals surface area contributed by atoms with Gasteiger partial charge in [-0.15, -0.1) is 0 Å². The molecule has 12 heteroatoms. The maximum absolute atomic E-state index is 12.9. The molecule has 0 radical (unpaired) electrons. The Kier molecular flexibility index (Phi) is 4.81. The predicted octanol–water partition coefficient (Wildman–Crippen LogP) is 2.36. The number of anilines is 1. The molecule has 0 aromatic carbocycles. The van der Waals surface area contributed by atoms with Crippen LogP contribution in [-0.2, 0) is 12.0 Å². The Morgan fingerprint density at radius 2 is 2.06 bits per heavy atom. The lowest BCUT2D eigenvalue weighted by molar-refractivity contribution is 0.0927. The van der Waals surface area contributed by atoms with Crippen LogP contribution in [0.1, 0.15) is 61.4 Å². The number of aromatic nitrogens is 7. The van der Waals surface area contributed by atoms with Crippen molar-refractivity contribution in [1.29, 1.82) is 0 Å². The van der Waals surface area contributed by atoms with Gasteiger partial charge < -0.3 is 20.2 Å². The molecule has 5 heterocycles. The van der Waals surface area contributed by atoms with E-state index in [1.807, 2.05) is 39.8 Å². The first-order valence-electron chi connectivity index (χ1n) is 10.5. The van der Waals surface area contributed by atoms with Crippen molar-refractivity contribution < 1.29 is 9.32 Å². The van der Waals surface area contributed by atoms with Crippen LogP contribution in [0.5, 0.6) is 0 Å². The summed E-state index contributed by atoms with van der Waals surface area (Å²) < 4.78 is 5.49. The summed E-state index contributed by atoms with van der Waals surface area (Å²) in [6.07, 6.45) is 3.09. The average molecular weight is 448 g/mol. The zero-order valence-electron chi connectivity index (χ0n) is 19.0. The summed E-state index contributed by atoms with van der Waals surface area (Å²) in [6.45, 7) is 8.49. The van der Waals surface area contributed by atoms with E-state index in [2.05, 4.69) is 45.8 Å². The van der Waals surface area contributed by atoms with Crippen molar-refractivity contribution in [3.63, 3.8) is 0 Å². The molecule has 1 aliphatic rings. The van der Waals surface area contributed by atoms with Crippen LogP contribution in [0.3, 0.4) is 0 Å². The van der Waals surface area contributed by atoms with E-state index in [0.717, 1.165) is 5.56 Å². The van der Waals surface area contributed by atoms with Crippen molar-refractivity contribution in [3.05, 3.63) is 41.4 Å². The van der Waals surface area contributed by atoms with Gasteiger partial charge in [-0.05, 0) is 6.92 Å². The van der Waals surface area contributed by atoms with Crippen LogP contribution in [0.25, 0.3) is 22.7 Å². The van der Waals surface area contributed by atoms with Gasteiger partial charge in [0.2, 0.25) is 0 Å². The fourth-order valence-electron chi connectivity index (χ4n) is 3.54. The number of H-pyrrole nitrogens is 1. The maximum Gasteiger partial charge on any atom is 0.271 e. The van der Waals surface area contributed by atoms with Crippen LogP contribution in [0.2, 0.25) is 0 Å². The number of amides is 1. The molecule has 3 N–H and O–H groups in total. The molecule has 0 bridgehead atoms. The van der Waals surface area contributed by atoms with Crippen LogP contribution >= 0.6 is 0 Å². The first kappa shape index (κ1) is 20.9. The average Bonchev–Trinajstić information content (AvgIpc) is 3.48. The van der Waals surface area contributed by atoms with E-state index < -0.39 is 6.04 Å². The normalized spacial score (nSPS) is 14.8. The molecule has 4 aromatic rings. The second-order valence-corrected chi connectivity index (χ2v) is 9.09. The van der Waals surface area contributed by atoms with Gasteiger partial charge in [-0.1, -0.05) is 25.9 Å². The molecule has 1 amide bonds. The minimum Gasteiger partial charge on any atom is -0.358 e. The lowest BCUT2D eigenvalue weighted by atomic mass is 9.96. The fraction of sp³-hybridized carbons (Fsp3) is 0.381. The van der Waals surface area contributed by atoms with Gasteiger partial charge in [-0.25, -0.2) is 29.9 Å². The van der Waals surface area contributed by atoms with Crippen LogP contribution in [0.15, 0.2) is 23.1 Å². The van der Waals surface area contributed by atoms with E-state index in [1.54, 1.807) is 12.3 Å². The Morgan fingerprint density at radius 1 is 1.24 bits per heavy atom. The van der Waals surface area contributed by atoms with E-state index in [-0.39, 0.29) is 11.3 Å². The number of fused-ring (bicyclic) bond motifs is 2. The summed E-state index contributed by atoms with van der Waals surface area (Å²) in [5.74, 6) is 2.03. The van der Waals surface area contributed by atoms with Crippen LogP contribution in [-0.4, -0.2) is 53.0 Å². The van der Waals surface area contributed by atoms with E-state index >= 15 is 0 Å². The Labute approximate surface area is 189 Å². The molecule has 1 atom stereocenters. The van der Waals surface area contributed by atoms with Gasteiger partial charge >= 0.3 is 0 Å². The summed E-state index contributed by atoms with van der Waals surface area (Å²) in [5, 5.41) is 8.86. The molecular formula is C21H24N10O2. The fourth-order valence-corrected chi connectivity index (χ4v) is 3.54. The largest absolute Gasteiger partial charge is 0.358 e. The topological polar surface area (TPSA) is 151 Å². The molecule has 170 valence electrons. The van der Waals surface area contributed by atoms with Gasteiger partial charge in [-0.2, -0.15) is 0 Å². The van der Waals surface area contributed by atoms with Crippen molar-refractivity contribution in [2.75, 3.05) is 12.5 Å². The Morgan fingerprint density at radius 3 is 2.85 bits per heavy atom. The number of aromatic amines is 1. The standard InChI is InChI=1S/C21H24N10O2/c1-10(25-19(32)15-11-8-31(5)29-16(11)24-9-23-15)14-6-12(30-33-14)17-26-13-7-22-20(21(2,3)4)28-18(13)27-17/h6-7,9-10H,8H2,1-5H3,(H,25,32)(H,23,24,29)(H,22,26,27,28)/t10-/m1/s1. The highest BCUT2D eigenvalue weighted by molar-refractivity contribution is 5.95. The molecule has 0 fully saturated rings. The number of nitrogens with one attached hydrogen (secondary N) is 3. The minimum absolute atomic E-state index is 0.183. The Bertz CT molecular complexity index is 1350. The smallest absolute Gasteiger partial charge is 0.271 e. The number of carbonyl (C=O) groups excluding carboxylic acids is 1. The van der Waals surface area contributed by atoms with Gasteiger partial charge in [0.15, 0.2) is 17.2 Å². The molecule has 4 aromatic heterocycles. The van der Waals surface area contributed by atoms with Gasteiger partial charge in [-0.3, -0.25) is 4.79 Å². The van der Waals surface area contributed by atoms with E-state index in [4.69, 9.17) is 4.52 Å². The third-order valence-electron chi connectivity index (χ3n) is 5.31. The molecule has 1 aliphatic heterocycles. The molecule has 0 spiro atoms. The number of imidazole rings is 1. The number of carbonyl (C=O) groups is 1. The van der Waals surface area contributed by atoms with Crippen molar-refractivity contribution in [2.24, 2.45) is 0 Å². The number of hydrogen-bond acceptors (Lipinski definition) is 10. The van der Waals surface area contributed by atoms with E-state index in [9.17, 15) is 4.79 Å². The van der Waals surface area contributed by atoms with Gasteiger partial charge in [0.1, 0.15) is 34.9 Å². The monoisotopic (exact) mass is 448 g/mol. The van der Waals surface area contributed by atoms with Gasteiger partial charge in [0, 0.05) is 30.6 Å². The second kappa shape index (κ2) is 7.59. The SMILES string of the molecule is C[C@@H](NC(=O)c1ncnc2c1CN(C)N2)c1cc(-c2nc3nc(C(C)(C)C)ncc3[nH]2)no1. The predicted molar refractivity (Wildman–Crippen MR) is 119 cm³/mol. The molecule has 0 saturated carbocycles. The number of nitrogens with zero attached hydrogens (tertiary/aromatic N) is 7. The first-order valence-corrected chi connectivity index (χ1v) is 10.5. The molecular weight excluding hydrogens is 424 g/mol. The zero-order chi connectivity index (χ0) is 23.3. The molecule has 0 aliphatic carbocycles. The lowest BCUT2D eigenvalue weighted by Crippen LogP contribution is -2.28. The Hall–Kier alpha value is -3.93. The van der Waals surface area contributed by atoms with Gasteiger partial charge in [0.05, 0.1) is 12.2 Å². The first-order chi connectivity index (χ1) is 15.7. The zero-order valence-corrected chi connectivity index (χ0v) is 19.0. The highest BCUT2D eigenvalue weighted by Crippen LogP contribution is 2.26. The van der Waals surface area contributed by atoms with E-state index in [0.29, 0.717) is 52.3 Å². The van der Waals surface area contributed by atoms with Crippen molar-refractivity contribution in [2.45, 2.75) is 45.7 Å². The second-order valence-electron chi connectivity index (χ2n) is 9.09. The summed E-state index contributed by atoms with van der Waals surface area (Å²) in [6, 6.07) is 1.30. The van der Waals surface area contributed by atoms with Crippen LogP contribution < -0.4 is 10.7 Å². The lowest BCUT2D eigenvalue weighted by Gasteiger charge is -2.15. The molecule has 12 nitrogen and oxygen atoms in total. The summed E-state index contributed by atoms with van der Waals surface area (Å²) in [5.41, 5.74) is 5.75. The summed E-state index contributed by atoms with van der Waals surface area (Å²) >= 11 is 0. The third kappa shape index (κ3) is 3.89. The number of rotatable bonds is 4. The Balaban J connectivity index is 1.35. The van der Waals surface area contributed by atoms with Crippen LogP contribution in [0, 0.1) is 0 Å². The molecule has 0 saturated heterocycles. The molecule has 0 unspecified atom stereocenters. The quantitative estimate of drug-likeness (QED) is 0.424. The number of hydrazine groups is 1. The van der Waals surface area contributed by atoms with Crippen LogP contribution in [0.4, 0.5) is 5.82 Å². The minimum atomic E-state index is -0.437. The summed E-state index contributed by atoms with van der Waals surface area (Å²) in [4.78, 5) is 37.9.